The van der Waals surface area contributed by atoms with E-state index >= 15 is 0 Å². The molecule has 0 saturated heterocycles. The Morgan fingerprint density at radius 3 is 2.23 bits per heavy atom. The van der Waals surface area contributed by atoms with Gasteiger partial charge in [0.25, 0.3) is 10.1 Å². The Kier molecular flexibility index (Phi) is 6.58. The van der Waals surface area contributed by atoms with Crippen LogP contribution in [0.25, 0.3) is 10.8 Å². The maximum Gasteiger partial charge on any atom is 0.344 e. The molecule has 0 spiro atoms. The fourth-order valence-corrected chi connectivity index (χ4v) is 4.52. The van der Waals surface area contributed by atoms with Gasteiger partial charge < -0.3 is 4.74 Å². The second-order valence-electron chi connectivity index (χ2n) is 7.79. The van der Waals surface area contributed by atoms with Crippen molar-refractivity contribution in [2.45, 2.75) is 44.4 Å². The van der Waals surface area contributed by atoms with Crippen LogP contribution in [0.4, 0.5) is 0 Å². The quantitative estimate of drug-likeness (QED) is 0.291. The Morgan fingerprint density at radius 2 is 1.60 bits per heavy atom. The van der Waals surface area contributed by atoms with Gasteiger partial charge in [-0.1, -0.05) is 63.2 Å². The Labute approximate surface area is 177 Å². The molecule has 3 aromatic rings. The first-order valence-corrected chi connectivity index (χ1v) is 11.5. The number of hydrogen-bond acceptors (Lipinski definition) is 4. The van der Waals surface area contributed by atoms with Gasteiger partial charge in [-0.15, -0.1) is 0 Å². The summed E-state index contributed by atoms with van der Waals surface area (Å²) in [7, 11) is -4.55. The molecule has 0 aromatic heterocycles. The lowest BCUT2D eigenvalue weighted by Gasteiger charge is -2.21. The molecule has 1 unspecified atom stereocenters. The molecule has 6 heteroatoms. The van der Waals surface area contributed by atoms with Crippen molar-refractivity contribution in [2.24, 2.45) is 5.92 Å². The van der Waals surface area contributed by atoms with Gasteiger partial charge >= 0.3 is 5.97 Å². The van der Waals surface area contributed by atoms with Gasteiger partial charge in [0.1, 0.15) is 10.6 Å². The van der Waals surface area contributed by atoms with Crippen molar-refractivity contribution in [1.29, 1.82) is 0 Å². The second kappa shape index (κ2) is 8.98. The van der Waals surface area contributed by atoms with Crippen LogP contribution in [-0.4, -0.2) is 18.9 Å². The van der Waals surface area contributed by atoms with Crippen LogP contribution >= 0.6 is 0 Å². The van der Waals surface area contributed by atoms with E-state index in [9.17, 15) is 17.8 Å². The highest BCUT2D eigenvalue weighted by Crippen LogP contribution is 2.36. The van der Waals surface area contributed by atoms with Crippen LogP contribution < -0.4 is 4.74 Å². The van der Waals surface area contributed by atoms with Crippen LogP contribution in [0.2, 0.25) is 0 Å². The third kappa shape index (κ3) is 4.71. The van der Waals surface area contributed by atoms with E-state index in [1.807, 2.05) is 30.3 Å². The summed E-state index contributed by atoms with van der Waals surface area (Å²) >= 11 is 0. The fourth-order valence-electron chi connectivity index (χ4n) is 3.84. The molecule has 1 N–H and O–H groups in total. The maximum absolute atomic E-state index is 12.7. The molecule has 0 amide bonds. The molecule has 3 rings (SSSR count). The zero-order valence-electron chi connectivity index (χ0n) is 17.3. The number of benzene rings is 3. The van der Waals surface area contributed by atoms with Crippen LogP contribution in [-0.2, 0) is 10.1 Å². The third-order valence-electron chi connectivity index (χ3n) is 5.19. The first-order chi connectivity index (χ1) is 14.2. The molecular formula is C24H26O5S. The number of carbonyl (C=O) groups is 1. The number of carbonyl (C=O) groups excluding carboxylic acids is 1. The molecule has 0 bridgehead atoms. The van der Waals surface area contributed by atoms with Crippen molar-refractivity contribution in [2.75, 3.05) is 0 Å². The normalized spacial score (nSPS) is 12.8. The van der Waals surface area contributed by atoms with Crippen molar-refractivity contribution in [3.63, 3.8) is 0 Å². The van der Waals surface area contributed by atoms with E-state index in [4.69, 9.17) is 4.74 Å². The van der Waals surface area contributed by atoms with E-state index in [1.54, 1.807) is 6.07 Å². The molecule has 0 aliphatic carbocycles. The molecular weight excluding hydrogens is 400 g/mol. The summed E-state index contributed by atoms with van der Waals surface area (Å²) in [5, 5.41) is 1.80. The molecule has 0 aliphatic rings. The van der Waals surface area contributed by atoms with Gasteiger partial charge in [-0.05, 0) is 53.8 Å². The molecule has 0 heterocycles. The molecule has 30 heavy (non-hydrogen) atoms. The predicted molar refractivity (Wildman–Crippen MR) is 118 cm³/mol. The van der Waals surface area contributed by atoms with Gasteiger partial charge in [0, 0.05) is 5.39 Å². The molecule has 0 saturated carbocycles. The van der Waals surface area contributed by atoms with Crippen molar-refractivity contribution in [1.82, 2.24) is 0 Å². The topological polar surface area (TPSA) is 80.7 Å². The van der Waals surface area contributed by atoms with E-state index in [0.29, 0.717) is 17.6 Å². The average molecular weight is 427 g/mol. The average Bonchev–Trinajstić information content (AvgIpc) is 2.71. The van der Waals surface area contributed by atoms with Crippen molar-refractivity contribution in [3.05, 3.63) is 71.8 Å². The van der Waals surface area contributed by atoms with Crippen molar-refractivity contribution < 1.29 is 22.5 Å². The Morgan fingerprint density at radius 1 is 0.967 bits per heavy atom. The van der Waals surface area contributed by atoms with E-state index < -0.39 is 21.0 Å². The van der Waals surface area contributed by atoms with Crippen LogP contribution in [0, 0.1) is 5.92 Å². The fraction of sp³-hybridized carbons (Fsp3) is 0.292. The third-order valence-corrected chi connectivity index (χ3v) is 6.11. The second-order valence-corrected chi connectivity index (χ2v) is 9.18. The lowest BCUT2D eigenvalue weighted by Crippen LogP contribution is -2.14. The summed E-state index contributed by atoms with van der Waals surface area (Å²) in [6.45, 7) is 6.57. The highest BCUT2D eigenvalue weighted by atomic mass is 32.2. The van der Waals surface area contributed by atoms with Gasteiger partial charge in [0.15, 0.2) is 0 Å². The smallest absolute Gasteiger partial charge is 0.344 e. The van der Waals surface area contributed by atoms with Gasteiger partial charge in [-0.25, -0.2) is 4.79 Å². The number of esters is 1. The number of ether oxygens (including phenoxy) is 1. The first kappa shape index (κ1) is 22.0. The van der Waals surface area contributed by atoms with Crippen LogP contribution in [0.15, 0.2) is 65.6 Å². The summed E-state index contributed by atoms with van der Waals surface area (Å²) in [6, 6.07) is 16.9. The Balaban J connectivity index is 2.03. The molecule has 5 nitrogen and oxygen atoms in total. The van der Waals surface area contributed by atoms with E-state index in [2.05, 4.69) is 20.8 Å². The van der Waals surface area contributed by atoms with Gasteiger partial charge in [-0.3, -0.25) is 4.55 Å². The zero-order chi connectivity index (χ0) is 21.9. The molecule has 3 aromatic carbocycles. The highest BCUT2D eigenvalue weighted by molar-refractivity contribution is 7.86. The predicted octanol–water partition coefficient (Wildman–Crippen LogP) is 5.85. The Bertz CT molecular complexity index is 1170. The van der Waals surface area contributed by atoms with Gasteiger partial charge in [-0.2, -0.15) is 8.42 Å². The van der Waals surface area contributed by atoms with Crippen LogP contribution in [0.5, 0.6) is 5.75 Å². The molecule has 1 atom stereocenters. The monoisotopic (exact) mass is 426 g/mol. The summed E-state index contributed by atoms with van der Waals surface area (Å²) < 4.78 is 38.2. The van der Waals surface area contributed by atoms with Crippen LogP contribution in [0.3, 0.4) is 0 Å². The summed E-state index contributed by atoms with van der Waals surface area (Å²) in [5.41, 5.74) is 0.999. The highest BCUT2D eigenvalue weighted by Gasteiger charge is 2.23. The lowest BCUT2D eigenvalue weighted by molar-refractivity contribution is 0.0732. The molecule has 158 valence electrons. The summed E-state index contributed by atoms with van der Waals surface area (Å²) in [6.07, 6.45) is 2.06. The number of rotatable bonds is 7. The van der Waals surface area contributed by atoms with E-state index in [-0.39, 0.29) is 5.56 Å². The van der Waals surface area contributed by atoms with Gasteiger partial charge in [0.05, 0.1) is 5.56 Å². The molecule has 0 radical (unpaired) electrons. The summed E-state index contributed by atoms with van der Waals surface area (Å²) in [5.74, 6) is 0.460. The summed E-state index contributed by atoms with van der Waals surface area (Å²) in [4.78, 5) is 12.3. The van der Waals surface area contributed by atoms with Crippen molar-refractivity contribution >= 4 is 26.9 Å². The standard InChI is InChI=1S/C24H26O5S/c1-4-17(15-16(2)3)18-13-14-22(20-10-6-5-9-19(18)20)29-24(25)21-11-7-8-12-23(21)30(26,27)28/h5-14,16-17H,4,15H2,1-3H3,(H,26,27,28). The van der Waals surface area contributed by atoms with E-state index in [1.165, 1.54) is 29.8 Å². The first-order valence-electron chi connectivity index (χ1n) is 10.0. The number of fused-ring (bicyclic) bond motifs is 1. The number of hydrogen-bond donors (Lipinski definition) is 1. The zero-order valence-corrected chi connectivity index (χ0v) is 18.1. The maximum atomic E-state index is 12.7. The minimum Gasteiger partial charge on any atom is -0.422 e. The van der Waals surface area contributed by atoms with E-state index in [0.717, 1.165) is 23.6 Å². The minimum absolute atomic E-state index is 0.209. The van der Waals surface area contributed by atoms with Crippen LogP contribution in [0.1, 0.15) is 55.5 Å². The van der Waals surface area contributed by atoms with Gasteiger partial charge in [0.2, 0.25) is 0 Å². The lowest BCUT2D eigenvalue weighted by atomic mass is 9.85. The Hall–Kier alpha value is -2.70. The molecule has 0 fully saturated rings. The van der Waals surface area contributed by atoms with Crippen molar-refractivity contribution in [3.8, 4) is 5.75 Å². The minimum atomic E-state index is -4.55. The SMILES string of the molecule is CCC(CC(C)C)c1ccc(OC(=O)c2ccccc2S(=O)(=O)O)c2ccccc12. The molecule has 0 aliphatic heterocycles. The largest absolute Gasteiger partial charge is 0.422 e.